The molecule has 0 amide bonds. The predicted octanol–water partition coefficient (Wildman–Crippen LogP) is 1.51. The van der Waals surface area contributed by atoms with Crippen molar-refractivity contribution in [3.8, 4) is 11.5 Å². The Balaban J connectivity index is 2.33. The molecule has 1 heterocycles. The molecule has 1 aromatic carbocycles. The molecule has 0 saturated carbocycles. The van der Waals surface area contributed by atoms with Gasteiger partial charge in [-0.25, -0.2) is 0 Å². The topological polar surface area (TPSA) is 62.9 Å². The van der Waals surface area contributed by atoms with E-state index in [0.717, 1.165) is 5.56 Å². The highest BCUT2D eigenvalue weighted by atomic mass is 16.7. The van der Waals surface area contributed by atoms with Crippen LogP contribution in [-0.4, -0.2) is 39.8 Å². The number of ether oxygens (including phenoxy) is 4. The van der Waals surface area contributed by atoms with Gasteiger partial charge in [0.1, 0.15) is 0 Å². The standard InChI is InChI=1S/C14H21NO4/c1-14(18-6-7-19-14)11(9-15)10-4-5-12(16-2)13(8-10)17-3/h4-5,8,11H,6-7,9,15H2,1-3H3. The van der Waals surface area contributed by atoms with Gasteiger partial charge in [-0.2, -0.15) is 0 Å². The van der Waals surface area contributed by atoms with Gasteiger partial charge in [-0.05, 0) is 24.6 Å². The Labute approximate surface area is 113 Å². The van der Waals surface area contributed by atoms with E-state index in [2.05, 4.69) is 0 Å². The van der Waals surface area contributed by atoms with Crippen molar-refractivity contribution in [1.82, 2.24) is 0 Å². The molecule has 1 aliphatic rings. The van der Waals surface area contributed by atoms with E-state index in [9.17, 15) is 0 Å². The fourth-order valence-electron chi connectivity index (χ4n) is 2.45. The molecule has 1 atom stereocenters. The molecule has 0 aliphatic carbocycles. The highest BCUT2D eigenvalue weighted by Gasteiger charge is 2.40. The van der Waals surface area contributed by atoms with E-state index in [-0.39, 0.29) is 5.92 Å². The fraction of sp³-hybridized carbons (Fsp3) is 0.571. The summed E-state index contributed by atoms with van der Waals surface area (Å²) in [5, 5.41) is 0. The van der Waals surface area contributed by atoms with E-state index in [1.807, 2.05) is 25.1 Å². The summed E-state index contributed by atoms with van der Waals surface area (Å²) in [6.45, 7) is 3.56. The number of benzene rings is 1. The average molecular weight is 267 g/mol. The summed E-state index contributed by atoms with van der Waals surface area (Å²) < 4.78 is 22.0. The minimum absolute atomic E-state index is 0.0465. The van der Waals surface area contributed by atoms with Crippen molar-refractivity contribution >= 4 is 0 Å². The van der Waals surface area contributed by atoms with Crippen LogP contribution in [0.3, 0.4) is 0 Å². The van der Waals surface area contributed by atoms with Gasteiger partial charge in [0.05, 0.1) is 33.4 Å². The second kappa shape index (κ2) is 5.77. The van der Waals surface area contributed by atoms with Crippen LogP contribution in [0, 0.1) is 0 Å². The monoisotopic (exact) mass is 267 g/mol. The summed E-state index contributed by atoms with van der Waals surface area (Å²) in [6.07, 6.45) is 0. The molecule has 1 unspecified atom stereocenters. The van der Waals surface area contributed by atoms with Crippen LogP contribution in [0.2, 0.25) is 0 Å². The lowest BCUT2D eigenvalue weighted by Crippen LogP contribution is -2.38. The summed E-state index contributed by atoms with van der Waals surface area (Å²) in [4.78, 5) is 0. The van der Waals surface area contributed by atoms with Crippen molar-refractivity contribution in [3.63, 3.8) is 0 Å². The predicted molar refractivity (Wildman–Crippen MR) is 71.7 cm³/mol. The van der Waals surface area contributed by atoms with Crippen LogP contribution in [0.5, 0.6) is 11.5 Å². The second-order valence-corrected chi connectivity index (χ2v) is 4.62. The van der Waals surface area contributed by atoms with E-state index < -0.39 is 5.79 Å². The highest BCUT2D eigenvalue weighted by molar-refractivity contribution is 5.44. The Kier molecular flexibility index (Phi) is 4.29. The van der Waals surface area contributed by atoms with E-state index >= 15 is 0 Å². The second-order valence-electron chi connectivity index (χ2n) is 4.62. The van der Waals surface area contributed by atoms with Crippen molar-refractivity contribution in [2.24, 2.45) is 5.73 Å². The molecule has 5 heteroatoms. The van der Waals surface area contributed by atoms with Gasteiger partial charge in [0.2, 0.25) is 0 Å². The van der Waals surface area contributed by atoms with Crippen LogP contribution in [-0.2, 0) is 9.47 Å². The number of rotatable bonds is 5. The van der Waals surface area contributed by atoms with Gasteiger partial charge < -0.3 is 24.7 Å². The van der Waals surface area contributed by atoms with Gasteiger partial charge in [0.15, 0.2) is 17.3 Å². The Hall–Kier alpha value is -1.30. The molecule has 0 radical (unpaired) electrons. The van der Waals surface area contributed by atoms with Crippen molar-refractivity contribution < 1.29 is 18.9 Å². The average Bonchev–Trinajstić information content (AvgIpc) is 2.86. The molecule has 106 valence electrons. The minimum Gasteiger partial charge on any atom is -0.493 e. The first kappa shape index (κ1) is 14.1. The summed E-state index contributed by atoms with van der Waals surface area (Å²) in [7, 11) is 3.23. The number of hydrogen-bond acceptors (Lipinski definition) is 5. The lowest BCUT2D eigenvalue weighted by atomic mass is 9.91. The summed E-state index contributed by atoms with van der Waals surface area (Å²) in [5.41, 5.74) is 6.92. The van der Waals surface area contributed by atoms with Crippen molar-refractivity contribution in [3.05, 3.63) is 23.8 Å². The molecule has 0 spiro atoms. The molecule has 1 aliphatic heterocycles. The van der Waals surface area contributed by atoms with Gasteiger partial charge in [-0.1, -0.05) is 6.07 Å². The molecule has 19 heavy (non-hydrogen) atoms. The maximum atomic E-state index is 5.90. The fourth-order valence-corrected chi connectivity index (χ4v) is 2.45. The van der Waals surface area contributed by atoms with Crippen LogP contribution in [0.1, 0.15) is 18.4 Å². The summed E-state index contributed by atoms with van der Waals surface area (Å²) in [6, 6.07) is 5.76. The molecule has 2 N–H and O–H groups in total. The molecule has 1 aromatic rings. The molecule has 1 saturated heterocycles. The molecule has 1 fully saturated rings. The SMILES string of the molecule is COc1ccc(C(CN)C2(C)OCCO2)cc1OC. The third-order valence-corrected chi connectivity index (χ3v) is 3.54. The van der Waals surface area contributed by atoms with E-state index in [1.54, 1.807) is 14.2 Å². The maximum Gasteiger partial charge on any atom is 0.173 e. The third-order valence-electron chi connectivity index (χ3n) is 3.54. The van der Waals surface area contributed by atoms with E-state index in [0.29, 0.717) is 31.3 Å². The molecule has 0 bridgehead atoms. The van der Waals surface area contributed by atoms with Gasteiger partial charge in [0.25, 0.3) is 0 Å². The first-order chi connectivity index (χ1) is 9.14. The zero-order valence-electron chi connectivity index (χ0n) is 11.6. The van der Waals surface area contributed by atoms with Gasteiger partial charge in [-0.3, -0.25) is 0 Å². The van der Waals surface area contributed by atoms with Gasteiger partial charge in [-0.15, -0.1) is 0 Å². The number of methoxy groups -OCH3 is 2. The Morgan fingerprint density at radius 1 is 1.21 bits per heavy atom. The zero-order valence-corrected chi connectivity index (χ0v) is 11.6. The molecular weight excluding hydrogens is 246 g/mol. The molecule has 5 nitrogen and oxygen atoms in total. The van der Waals surface area contributed by atoms with Gasteiger partial charge in [0, 0.05) is 6.54 Å². The largest absolute Gasteiger partial charge is 0.493 e. The number of hydrogen-bond donors (Lipinski definition) is 1. The Morgan fingerprint density at radius 3 is 2.37 bits per heavy atom. The Bertz CT molecular complexity index is 429. The van der Waals surface area contributed by atoms with Crippen LogP contribution < -0.4 is 15.2 Å². The highest BCUT2D eigenvalue weighted by Crippen LogP contribution is 2.38. The smallest absolute Gasteiger partial charge is 0.173 e. The van der Waals surface area contributed by atoms with Crippen LogP contribution in [0.15, 0.2) is 18.2 Å². The normalized spacial score (nSPS) is 19.2. The first-order valence-electron chi connectivity index (χ1n) is 6.34. The van der Waals surface area contributed by atoms with E-state index in [4.69, 9.17) is 24.7 Å². The van der Waals surface area contributed by atoms with Crippen LogP contribution in [0.25, 0.3) is 0 Å². The van der Waals surface area contributed by atoms with Crippen molar-refractivity contribution in [1.29, 1.82) is 0 Å². The van der Waals surface area contributed by atoms with Crippen molar-refractivity contribution in [2.75, 3.05) is 34.0 Å². The minimum atomic E-state index is -0.672. The first-order valence-corrected chi connectivity index (χ1v) is 6.34. The third kappa shape index (κ3) is 2.68. The molecule has 2 rings (SSSR count). The van der Waals surface area contributed by atoms with Gasteiger partial charge >= 0.3 is 0 Å². The van der Waals surface area contributed by atoms with Crippen LogP contribution in [0.4, 0.5) is 0 Å². The molecule has 0 aromatic heterocycles. The zero-order chi connectivity index (χ0) is 13.9. The lowest BCUT2D eigenvalue weighted by molar-refractivity contribution is -0.158. The molecular formula is C14H21NO4. The van der Waals surface area contributed by atoms with E-state index in [1.165, 1.54) is 0 Å². The van der Waals surface area contributed by atoms with Crippen molar-refractivity contribution in [2.45, 2.75) is 18.6 Å². The summed E-state index contributed by atoms with van der Waals surface area (Å²) in [5.74, 6) is 0.657. The number of nitrogens with two attached hydrogens (primary N) is 1. The Morgan fingerprint density at radius 2 is 1.84 bits per heavy atom. The quantitative estimate of drug-likeness (QED) is 0.876. The maximum absolute atomic E-state index is 5.90. The summed E-state index contributed by atoms with van der Waals surface area (Å²) >= 11 is 0. The van der Waals surface area contributed by atoms with Crippen LogP contribution >= 0.6 is 0 Å². The lowest BCUT2D eigenvalue weighted by Gasteiger charge is -2.32.